The smallest absolute Gasteiger partial charge is 0.256 e. The Morgan fingerprint density at radius 3 is 2.54 bits per heavy atom. The number of piperidine rings is 1. The first-order valence-electron chi connectivity index (χ1n) is 9.91. The molecule has 2 aliphatic rings. The van der Waals surface area contributed by atoms with Crippen LogP contribution in [-0.2, 0) is 11.3 Å². The average Bonchev–Trinajstić information content (AvgIpc) is 2.60. The Hall–Kier alpha value is -1.43. The van der Waals surface area contributed by atoms with Gasteiger partial charge < -0.3 is 10.0 Å². The summed E-state index contributed by atoms with van der Waals surface area (Å²) in [5.74, 6) is -0.100. The van der Waals surface area contributed by atoms with E-state index < -0.39 is 5.60 Å². The van der Waals surface area contributed by atoms with Crippen molar-refractivity contribution in [3.05, 3.63) is 35.4 Å². The molecule has 0 aromatic heterocycles. The Bertz CT molecular complexity index is 625. The van der Waals surface area contributed by atoms with E-state index >= 15 is 0 Å². The van der Waals surface area contributed by atoms with Crippen LogP contribution in [0.4, 0.5) is 0 Å². The maximum Gasteiger partial charge on any atom is 0.256 e. The van der Waals surface area contributed by atoms with Crippen LogP contribution in [0.15, 0.2) is 24.3 Å². The average molecular weight is 360 g/mol. The van der Waals surface area contributed by atoms with Gasteiger partial charge in [-0.25, -0.2) is 0 Å². The number of benzene rings is 1. The number of carbonyl (C=O) groups excluding carboxylic acids is 1. The van der Waals surface area contributed by atoms with Crippen molar-refractivity contribution in [2.45, 2.75) is 51.8 Å². The van der Waals surface area contributed by atoms with E-state index in [1.54, 1.807) is 0 Å². The van der Waals surface area contributed by atoms with Crippen LogP contribution < -0.4 is 0 Å². The highest BCUT2D eigenvalue weighted by Gasteiger charge is 2.43. The second-order valence-corrected chi connectivity index (χ2v) is 8.26. The van der Waals surface area contributed by atoms with Crippen LogP contribution >= 0.6 is 0 Å². The zero-order valence-corrected chi connectivity index (χ0v) is 16.4. The summed E-state index contributed by atoms with van der Waals surface area (Å²) in [6.07, 6.45) is 1.43. The fourth-order valence-electron chi connectivity index (χ4n) is 4.20. The Balaban J connectivity index is 1.61. The summed E-state index contributed by atoms with van der Waals surface area (Å²) < 4.78 is 0. The number of carbonyl (C=O) groups is 1. The summed E-state index contributed by atoms with van der Waals surface area (Å²) in [5, 5.41) is 11.1. The zero-order valence-electron chi connectivity index (χ0n) is 16.4. The molecule has 0 saturated carbocycles. The van der Waals surface area contributed by atoms with Crippen LogP contribution in [0.2, 0.25) is 0 Å². The topological polar surface area (TPSA) is 47.0 Å². The first-order valence-corrected chi connectivity index (χ1v) is 9.91. The second kappa shape index (κ2) is 8.07. The predicted octanol–water partition coefficient (Wildman–Crippen LogP) is 1.87. The van der Waals surface area contributed by atoms with Gasteiger partial charge in [0.05, 0.1) is 0 Å². The molecule has 2 saturated heterocycles. The van der Waals surface area contributed by atoms with Gasteiger partial charge in [0.1, 0.15) is 0 Å². The Labute approximate surface area is 157 Å². The van der Waals surface area contributed by atoms with Crippen LogP contribution in [0, 0.1) is 6.92 Å². The first kappa shape index (κ1) is 19.3. The number of piperazine rings is 1. The van der Waals surface area contributed by atoms with Crippen molar-refractivity contribution in [1.82, 2.24) is 14.7 Å². The molecule has 1 atom stereocenters. The molecule has 1 aromatic rings. The third-order valence-electron chi connectivity index (χ3n) is 5.78. The molecule has 26 heavy (non-hydrogen) atoms. The van der Waals surface area contributed by atoms with Gasteiger partial charge in [-0.1, -0.05) is 29.8 Å². The third kappa shape index (κ3) is 4.45. The summed E-state index contributed by atoms with van der Waals surface area (Å²) >= 11 is 0. The molecule has 5 nitrogen and oxygen atoms in total. The third-order valence-corrected chi connectivity index (χ3v) is 5.78. The molecule has 2 fully saturated rings. The molecule has 0 radical (unpaired) electrons. The Morgan fingerprint density at radius 1 is 1.15 bits per heavy atom. The van der Waals surface area contributed by atoms with Crippen LogP contribution in [-0.4, -0.2) is 76.6 Å². The van der Waals surface area contributed by atoms with Gasteiger partial charge in [0.25, 0.3) is 5.91 Å². The maximum atomic E-state index is 13.0. The molecule has 1 N–H and O–H groups in total. The number of aryl methyl sites for hydroxylation is 1. The number of rotatable bonds is 5. The highest BCUT2D eigenvalue weighted by atomic mass is 16.3. The van der Waals surface area contributed by atoms with E-state index in [1.807, 2.05) is 11.0 Å². The number of β-amino-alcohol motifs (C(OH)–C–C–N with tert-alkyl or cyclic N) is 1. The van der Waals surface area contributed by atoms with Crippen molar-refractivity contribution in [3.8, 4) is 0 Å². The highest BCUT2D eigenvalue weighted by molar-refractivity contribution is 5.86. The van der Waals surface area contributed by atoms with Crippen molar-refractivity contribution in [1.29, 1.82) is 0 Å². The number of amides is 1. The fraction of sp³-hybridized carbons (Fsp3) is 0.667. The predicted molar refractivity (Wildman–Crippen MR) is 104 cm³/mol. The van der Waals surface area contributed by atoms with Gasteiger partial charge in [0.15, 0.2) is 5.60 Å². The number of likely N-dealkylation sites (tertiary alicyclic amines) is 1. The molecule has 0 spiro atoms. The van der Waals surface area contributed by atoms with Crippen LogP contribution in [0.5, 0.6) is 0 Å². The van der Waals surface area contributed by atoms with Gasteiger partial charge in [-0.05, 0) is 39.2 Å². The van der Waals surface area contributed by atoms with Crippen molar-refractivity contribution >= 4 is 5.91 Å². The van der Waals surface area contributed by atoms with Crippen LogP contribution in [0.3, 0.4) is 0 Å². The number of aliphatic hydroxyl groups is 1. The molecule has 0 bridgehead atoms. The van der Waals surface area contributed by atoms with E-state index in [4.69, 9.17) is 0 Å². The second-order valence-electron chi connectivity index (χ2n) is 8.26. The lowest BCUT2D eigenvalue weighted by Gasteiger charge is -2.43. The molecule has 1 amide bonds. The van der Waals surface area contributed by atoms with Crippen molar-refractivity contribution < 1.29 is 9.90 Å². The molecule has 1 unspecified atom stereocenters. The van der Waals surface area contributed by atoms with Crippen molar-refractivity contribution in [2.24, 2.45) is 0 Å². The van der Waals surface area contributed by atoms with E-state index in [0.29, 0.717) is 25.6 Å². The first-order chi connectivity index (χ1) is 12.4. The molecule has 2 aliphatic heterocycles. The standard InChI is InChI=1S/C21H33N3O2/c1-17(2)23-12-10-22(11-13-23)16-21(26)8-5-9-24(20(21)25)15-19-7-4-6-18(3)14-19/h4,6-7,14,17,26H,5,8-13,15-16H2,1-3H3. The maximum absolute atomic E-state index is 13.0. The molecule has 5 heteroatoms. The number of hydrogen-bond acceptors (Lipinski definition) is 4. The normalized spacial score (nSPS) is 25.9. The molecular formula is C21H33N3O2. The van der Waals surface area contributed by atoms with Gasteiger partial charge >= 0.3 is 0 Å². The minimum atomic E-state index is -1.23. The molecule has 2 heterocycles. The van der Waals surface area contributed by atoms with Gasteiger partial charge in [-0.3, -0.25) is 14.6 Å². The zero-order chi connectivity index (χ0) is 18.7. The van der Waals surface area contributed by atoms with Gasteiger partial charge in [-0.2, -0.15) is 0 Å². The molecular weight excluding hydrogens is 326 g/mol. The molecule has 1 aromatic carbocycles. The summed E-state index contributed by atoms with van der Waals surface area (Å²) in [7, 11) is 0. The van der Waals surface area contributed by atoms with Gasteiger partial charge in [-0.15, -0.1) is 0 Å². The summed E-state index contributed by atoms with van der Waals surface area (Å²) in [6, 6.07) is 8.82. The SMILES string of the molecule is Cc1cccc(CN2CCCC(O)(CN3CCN(C(C)C)CC3)C2=O)c1. The summed E-state index contributed by atoms with van der Waals surface area (Å²) in [4.78, 5) is 19.6. The quantitative estimate of drug-likeness (QED) is 0.872. The van der Waals surface area contributed by atoms with Crippen LogP contribution in [0.1, 0.15) is 37.8 Å². The lowest BCUT2D eigenvalue weighted by atomic mass is 9.90. The summed E-state index contributed by atoms with van der Waals surface area (Å²) in [5.41, 5.74) is 1.10. The molecule has 144 valence electrons. The van der Waals surface area contributed by atoms with Gasteiger partial charge in [0, 0.05) is 51.9 Å². The number of nitrogens with zero attached hydrogens (tertiary/aromatic N) is 3. The summed E-state index contributed by atoms with van der Waals surface area (Å²) in [6.45, 7) is 12.1. The molecule has 0 aliphatic carbocycles. The minimum absolute atomic E-state index is 0.100. The minimum Gasteiger partial charge on any atom is -0.379 e. The Morgan fingerprint density at radius 2 is 1.88 bits per heavy atom. The van der Waals surface area contributed by atoms with E-state index in [-0.39, 0.29) is 5.91 Å². The van der Waals surface area contributed by atoms with E-state index in [0.717, 1.165) is 44.7 Å². The lowest BCUT2D eigenvalue weighted by molar-refractivity contribution is -0.160. The van der Waals surface area contributed by atoms with Gasteiger partial charge in [0.2, 0.25) is 0 Å². The lowest BCUT2D eigenvalue weighted by Crippen LogP contribution is -2.60. The van der Waals surface area contributed by atoms with Crippen molar-refractivity contribution in [2.75, 3.05) is 39.3 Å². The van der Waals surface area contributed by atoms with E-state index in [2.05, 4.69) is 48.8 Å². The largest absolute Gasteiger partial charge is 0.379 e. The van der Waals surface area contributed by atoms with E-state index in [1.165, 1.54) is 5.56 Å². The fourth-order valence-corrected chi connectivity index (χ4v) is 4.20. The Kier molecular flexibility index (Phi) is 6.00. The van der Waals surface area contributed by atoms with E-state index in [9.17, 15) is 9.90 Å². The van der Waals surface area contributed by atoms with Crippen LogP contribution in [0.25, 0.3) is 0 Å². The monoisotopic (exact) mass is 359 g/mol. The highest BCUT2D eigenvalue weighted by Crippen LogP contribution is 2.26. The molecule has 3 rings (SSSR count). The van der Waals surface area contributed by atoms with Crippen molar-refractivity contribution in [3.63, 3.8) is 0 Å². The number of hydrogen-bond donors (Lipinski definition) is 1.